The van der Waals surface area contributed by atoms with Gasteiger partial charge in [-0.3, -0.25) is 4.99 Å². The van der Waals surface area contributed by atoms with Crippen LogP contribution in [0.15, 0.2) is 21.6 Å². The van der Waals surface area contributed by atoms with Crippen LogP contribution in [0.1, 0.15) is 28.8 Å². The predicted octanol–water partition coefficient (Wildman–Crippen LogP) is 2.21. The first-order valence-electron chi connectivity index (χ1n) is 6.74. The molecule has 1 aromatic heterocycles. The number of likely N-dealkylation sites (tertiary alicyclic amines) is 1. The summed E-state index contributed by atoms with van der Waals surface area (Å²) >= 11 is 1.23. The highest BCUT2D eigenvalue weighted by molar-refractivity contribution is 7.11. The van der Waals surface area contributed by atoms with Gasteiger partial charge in [-0.15, -0.1) is 11.3 Å². The maximum absolute atomic E-state index is 10.8. The lowest BCUT2D eigenvalue weighted by atomic mass is 10.4. The molecule has 0 radical (unpaired) electrons. The summed E-state index contributed by atoms with van der Waals surface area (Å²) in [6.45, 7) is 7.66. The van der Waals surface area contributed by atoms with E-state index in [0.29, 0.717) is 10.7 Å². The molecule has 7 heteroatoms. The zero-order valence-electron chi connectivity index (χ0n) is 11.7. The lowest BCUT2D eigenvalue weighted by Gasteiger charge is -2.18. The number of carbonyl (C=O) groups is 1. The number of carboxylic acid groups (broad SMARTS) is 1. The summed E-state index contributed by atoms with van der Waals surface area (Å²) in [4.78, 5) is 25.5. The van der Waals surface area contributed by atoms with Gasteiger partial charge < -0.3 is 10.0 Å². The first-order chi connectivity index (χ1) is 10.1. The standard InChI is InChI=1S/C14H16N4O2S/c1-8(18-5-9-3-10(9)6-18)16-4-11(15-2)13-17-12(7-21-13)14(19)20/h4,7,9-10H,2-3,5-6H2,1H3,(H,19,20)/b11-4-,16-8+. The highest BCUT2D eigenvalue weighted by atomic mass is 32.1. The van der Waals surface area contributed by atoms with Gasteiger partial charge in [-0.2, -0.15) is 0 Å². The molecule has 2 aliphatic rings. The number of hydrogen-bond donors (Lipinski definition) is 1. The Kier molecular flexibility index (Phi) is 3.59. The molecule has 2 heterocycles. The molecule has 6 nitrogen and oxygen atoms in total. The fourth-order valence-corrected chi connectivity index (χ4v) is 3.32. The van der Waals surface area contributed by atoms with Crippen LogP contribution in [0.4, 0.5) is 0 Å². The number of fused-ring (bicyclic) bond motifs is 1. The number of thiazole rings is 1. The van der Waals surface area contributed by atoms with Crippen molar-refractivity contribution in [1.82, 2.24) is 9.88 Å². The van der Waals surface area contributed by atoms with E-state index in [4.69, 9.17) is 5.11 Å². The van der Waals surface area contributed by atoms with Crippen molar-refractivity contribution >= 4 is 35.6 Å². The van der Waals surface area contributed by atoms with Gasteiger partial charge in [0, 0.05) is 18.5 Å². The highest BCUT2D eigenvalue weighted by Gasteiger charge is 2.45. The number of amidine groups is 1. The third-order valence-electron chi connectivity index (χ3n) is 3.92. The summed E-state index contributed by atoms with van der Waals surface area (Å²) in [6.07, 6.45) is 2.97. The van der Waals surface area contributed by atoms with Crippen LogP contribution in [0.2, 0.25) is 0 Å². The van der Waals surface area contributed by atoms with E-state index < -0.39 is 5.97 Å². The predicted molar refractivity (Wildman–Crippen MR) is 82.9 cm³/mol. The summed E-state index contributed by atoms with van der Waals surface area (Å²) < 4.78 is 0. The number of nitrogens with zero attached hydrogens (tertiary/aromatic N) is 4. The number of piperidine rings is 1. The normalized spacial score (nSPS) is 24.9. The summed E-state index contributed by atoms with van der Waals surface area (Å²) in [5.41, 5.74) is 0.515. The van der Waals surface area contributed by atoms with E-state index in [1.165, 1.54) is 23.1 Å². The first kappa shape index (κ1) is 13.9. The molecule has 2 fully saturated rings. The quantitative estimate of drug-likeness (QED) is 0.683. The van der Waals surface area contributed by atoms with E-state index in [1.54, 1.807) is 6.20 Å². The molecule has 3 rings (SSSR count). The van der Waals surface area contributed by atoms with Gasteiger partial charge in [0.1, 0.15) is 16.5 Å². The van der Waals surface area contributed by atoms with E-state index in [1.807, 2.05) is 6.92 Å². The lowest BCUT2D eigenvalue weighted by molar-refractivity contribution is 0.0691. The Bertz CT molecular complexity index is 639. The third kappa shape index (κ3) is 2.87. The molecule has 1 aromatic rings. The summed E-state index contributed by atoms with van der Waals surface area (Å²) in [7, 11) is 0. The van der Waals surface area contributed by atoms with Crippen molar-refractivity contribution in [3.63, 3.8) is 0 Å². The molecule has 2 unspecified atom stereocenters. The second-order valence-electron chi connectivity index (χ2n) is 5.35. The van der Waals surface area contributed by atoms with E-state index >= 15 is 0 Å². The minimum atomic E-state index is -1.04. The molecule has 110 valence electrons. The SMILES string of the molecule is C=N/C(=C\N=C(/C)N1CC2CC2C1)c1nc(C(=O)O)cs1. The first-order valence-corrected chi connectivity index (χ1v) is 7.62. The molecule has 1 saturated heterocycles. The largest absolute Gasteiger partial charge is 0.476 e. The van der Waals surface area contributed by atoms with Crippen molar-refractivity contribution in [1.29, 1.82) is 0 Å². The molecule has 1 aliphatic heterocycles. The molecular formula is C14H16N4O2S. The minimum Gasteiger partial charge on any atom is -0.476 e. The summed E-state index contributed by atoms with van der Waals surface area (Å²) in [6, 6.07) is 0. The Morgan fingerprint density at radius 2 is 2.29 bits per heavy atom. The number of rotatable bonds is 4. The van der Waals surface area contributed by atoms with Gasteiger partial charge in [-0.1, -0.05) is 0 Å². The topological polar surface area (TPSA) is 78.2 Å². The van der Waals surface area contributed by atoms with Crippen LogP contribution in [-0.4, -0.2) is 46.6 Å². The average Bonchev–Trinajstić information content (AvgIpc) is 2.92. The minimum absolute atomic E-state index is 0.0184. The van der Waals surface area contributed by atoms with Crippen LogP contribution in [0.25, 0.3) is 5.70 Å². The lowest BCUT2D eigenvalue weighted by Crippen LogP contribution is -2.27. The summed E-state index contributed by atoms with van der Waals surface area (Å²) in [5.74, 6) is 1.62. The van der Waals surface area contributed by atoms with Crippen LogP contribution < -0.4 is 0 Å². The van der Waals surface area contributed by atoms with Crippen LogP contribution >= 0.6 is 11.3 Å². The van der Waals surface area contributed by atoms with Crippen molar-refractivity contribution in [3.05, 3.63) is 22.3 Å². The zero-order chi connectivity index (χ0) is 15.0. The van der Waals surface area contributed by atoms with E-state index in [9.17, 15) is 4.79 Å². The highest BCUT2D eigenvalue weighted by Crippen LogP contribution is 2.44. The molecule has 1 N–H and O–H groups in total. The second kappa shape index (κ2) is 5.40. The van der Waals surface area contributed by atoms with E-state index in [0.717, 1.165) is 30.8 Å². The van der Waals surface area contributed by atoms with Gasteiger partial charge in [0.2, 0.25) is 0 Å². The fourth-order valence-electron chi connectivity index (χ4n) is 2.55. The van der Waals surface area contributed by atoms with Gasteiger partial charge in [0.05, 0.1) is 6.20 Å². The Labute approximate surface area is 126 Å². The van der Waals surface area contributed by atoms with E-state index in [2.05, 4.69) is 26.6 Å². The van der Waals surface area contributed by atoms with Crippen LogP contribution in [0, 0.1) is 11.8 Å². The van der Waals surface area contributed by atoms with Gasteiger partial charge in [-0.25, -0.2) is 14.8 Å². The van der Waals surface area contributed by atoms with Crippen LogP contribution in [0.5, 0.6) is 0 Å². The van der Waals surface area contributed by atoms with Gasteiger partial charge in [0.25, 0.3) is 0 Å². The Hall–Kier alpha value is -2.02. The summed E-state index contributed by atoms with van der Waals surface area (Å²) in [5, 5.41) is 10.9. The second-order valence-corrected chi connectivity index (χ2v) is 6.21. The monoisotopic (exact) mass is 304 g/mol. The van der Waals surface area contributed by atoms with Crippen LogP contribution in [0.3, 0.4) is 0 Å². The zero-order valence-corrected chi connectivity index (χ0v) is 12.5. The number of hydrogen-bond acceptors (Lipinski definition) is 5. The molecule has 0 bridgehead atoms. The van der Waals surface area contributed by atoms with Crippen molar-refractivity contribution in [2.45, 2.75) is 13.3 Å². The van der Waals surface area contributed by atoms with Crippen LogP contribution in [-0.2, 0) is 0 Å². The fraction of sp³-hybridized carbons (Fsp3) is 0.429. The molecule has 0 spiro atoms. The maximum atomic E-state index is 10.8. The Morgan fingerprint density at radius 1 is 1.57 bits per heavy atom. The molecule has 2 atom stereocenters. The van der Waals surface area contributed by atoms with Gasteiger partial charge >= 0.3 is 5.97 Å². The number of aromatic nitrogens is 1. The molecule has 21 heavy (non-hydrogen) atoms. The van der Waals surface area contributed by atoms with Gasteiger partial charge in [-0.05, 0) is 31.9 Å². The Balaban J connectivity index is 1.74. The van der Waals surface area contributed by atoms with Crippen molar-refractivity contribution in [2.24, 2.45) is 21.8 Å². The number of aliphatic imine (C=N–C) groups is 2. The average molecular weight is 304 g/mol. The molecule has 0 amide bonds. The molecule has 0 aromatic carbocycles. The molecule has 1 aliphatic carbocycles. The third-order valence-corrected chi connectivity index (χ3v) is 4.79. The smallest absolute Gasteiger partial charge is 0.355 e. The van der Waals surface area contributed by atoms with Crippen molar-refractivity contribution in [3.8, 4) is 0 Å². The van der Waals surface area contributed by atoms with Crippen molar-refractivity contribution in [2.75, 3.05) is 13.1 Å². The van der Waals surface area contributed by atoms with Gasteiger partial charge in [0.15, 0.2) is 5.69 Å². The van der Waals surface area contributed by atoms with E-state index in [-0.39, 0.29) is 5.69 Å². The number of aromatic carboxylic acids is 1. The Morgan fingerprint density at radius 3 is 2.86 bits per heavy atom. The molecule has 1 saturated carbocycles. The van der Waals surface area contributed by atoms with Crippen molar-refractivity contribution < 1.29 is 9.90 Å². The maximum Gasteiger partial charge on any atom is 0.355 e. The molecular weight excluding hydrogens is 288 g/mol. The number of carboxylic acids is 1.